The minimum Gasteiger partial charge on any atom is -0.469 e. The molecular weight excluding hydrogens is 562 g/mol. The molecule has 0 aliphatic rings. The lowest BCUT2D eigenvalue weighted by atomic mass is 10.1. The third-order valence-electron chi connectivity index (χ3n) is 5.51. The zero-order valence-electron chi connectivity index (χ0n) is 19.0. The van der Waals surface area contributed by atoms with Gasteiger partial charge in [0.2, 0.25) is 5.88 Å². The van der Waals surface area contributed by atoms with Crippen LogP contribution < -0.4 is 16.0 Å². The Bertz CT molecular complexity index is 1620. The van der Waals surface area contributed by atoms with Crippen LogP contribution in [0.5, 0.6) is 5.88 Å². The van der Waals surface area contributed by atoms with Gasteiger partial charge in [0.15, 0.2) is 17.3 Å². The van der Waals surface area contributed by atoms with E-state index in [2.05, 4.69) is 9.97 Å². The van der Waals surface area contributed by atoms with Crippen molar-refractivity contribution in [3.8, 4) is 17.3 Å². The van der Waals surface area contributed by atoms with Crippen LogP contribution in [0.4, 0.5) is 13.2 Å². The van der Waals surface area contributed by atoms with Crippen molar-refractivity contribution in [1.29, 1.82) is 0 Å². The fourth-order valence-electron chi connectivity index (χ4n) is 3.59. The fourth-order valence-corrected chi connectivity index (χ4v) is 4.10. The minimum absolute atomic E-state index is 0.0748. The number of aliphatic hydroxyl groups excluding tert-OH is 1. The Morgan fingerprint density at radius 1 is 1.14 bits per heavy atom. The summed E-state index contributed by atoms with van der Waals surface area (Å²) < 4.78 is 46.4. The molecule has 3 aromatic heterocycles. The molecule has 0 bridgehead atoms. The molecule has 4 rings (SSSR count). The Morgan fingerprint density at radius 2 is 1.84 bits per heavy atom. The summed E-state index contributed by atoms with van der Waals surface area (Å²) in [7, 11) is 1.43. The number of benzene rings is 1. The highest BCUT2D eigenvalue weighted by atomic mass is 35.5. The van der Waals surface area contributed by atoms with Gasteiger partial charge in [-0.25, -0.2) is 14.8 Å². The number of ether oxygens (including phenoxy) is 1. The van der Waals surface area contributed by atoms with Gasteiger partial charge in [0.05, 0.1) is 16.6 Å². The van der Waals surface area contributed by atoms with Gasteiger partial charge in [-0.2, -0.15) is 13.2 Å². The fraction of sp³-hybridized carbons (Fsp3) is 0.273. The number of imidazole rings is 1. The number of alkyl halides is 3. The Kier molecular flexibility index (Phi) is 7.30. The van der Waals surface area contributed by atoms with Crippen molar-refractivity contribution in [2.75, 3.05) is 0 Å². The van der Waals surface area contributed by atoms with Gasteiger partial charge < -0.3 is 14.4 Å². The summed E-state index contributed by atoms with van der Waals surface area (Å²) in [6.07, 6.45) is -7.00. The second-order valence-electron chi connectivity index (χ2n) is 8.04. The highest BCUT2D eigenvalue weighted by molar-refractivity contribution is 6.42. The normalized spacial score (nSPS) is 13.6. The van der Waals surface area contributed by atoms with Crippen LogP contribution in [0.2, 0.25) is 15.1 Å². The van der Waals surface area contributed by atoms with Crippen molar-refractivity contribution in [2.24, 2.45) is 7.05 Å². The number of hydrogen-bond donors (Lipinski definition) is 2. The van der Waals surface area contributed by atoms with Crippen LogP contribution in [-0.2, 0) is 13.6 Å². The first-order valence-electron chi connectivity index (χ1n) is 10.5. The number of hydrogen-bond acceptors (Lipinski definition) is 6. The smallest absolute Gasteiger partial charge is 0.416 e. The van der Waals surface area contributed by atoms with E-state index in [1.165, 1.54) is 23.9 Å². The van der Waals surface area contributed by atoms with Gasteiger partial charge in [-0.1, -0.05) is 40.9 Å². The van der Waals surface area contributed by atoms with Gasteiger partial charge in [0.1, 0.15) is 17.0 Å². The monoisotopic (exact) mass is 577 g/mol. The number of aromatic nitrogens is 5. The van der Waals surface area contributed by atoms with Crippen molar-refractivity contribution >= 4 is 46.0 Å². The number of H-pyrrole nitrogens is 1. The van der Waals surface area contributed by atoms with E-state index in [0.717, 1.165) is 0 Å². The van der Waals surface area contributed by atoms with Crippen LogP contribution in [0, 0.1) is 0 Å². The van der Waals surface area contributed by atoms with Crippen molar-refractivity contribution in [3.63, 3.8) is 0 Å². The SMILES string of the molecule is CC(Oc1ncc(-c2nc3c(c(=O)[nH]c(=O)n3CC(O)C(F)(F)F)n2C)cc1Cl)c1ccc(Cl)c(Cl)c1. The number of rotatable bonds is 6. The highest BCUT2D eigenvalue weighted by Gasteiger charge is 2.39. The highest BCUT2D eigenvalue weighted by Crippen LogP contribution is 2.33. The largest absolute Gasteiger partial charge is 0.469 e. The van der Waals surface area contributed by atoms with Crippen molar-refractivity contribution in [1.82, 2.24) is 24.1 Å². The summed E-state index contributed by atoms with van der Waals surface area (Å²) in [5.41, 5.74) is -1.55. The predicted molar refractivity (Wildman–Crippen MR) is 131 cm³/mol. The number of nitrogens with one attached hydrogen (secondary N) is 1. The van der Waals surface area contributed by atoms with Gasteiger partial charge in [-0.05, 0) is 30.7 Å². The molecule has 9 nitrogen and oxygen atoms in total. The summed E-state index contributed by atoms with van der Waals surface area (Å²) in [6, 6.07) is 6.43. The van der Waals surface area contributed by atoms with Crippen LogP contribution in [0.25, 0.3) is 22.6 Å². The van der Waals surface area contributed by atoms with Crippen molar-refractivity contribution < 1.29 is 23.0 Å². The lowest BCUT2D eigenvalue weighted by molar-refractivity contribution is -0.207. The lowest BCUT2D eigenvalue weighted by Crippen LogP contribution is -2.39. The maximum atomic E-state index is 12.9. The summed E-state index contributed by atoms with van der Waals surface area (Å²) in [5, 5.41) is 10.3. The number of aryl methyl sites for hydroxylation is 1. The molecular formula is C22H17Cl3F3N5O4. The third kappa shape index (κ3) is 5.33. The molecule has 15 heteroatoms. The van der Waals surface area contributed by atoms with E-state index < -0.39 is 36.2 Å². The molecule has 2 unspecified atom stereocenters. The Balaban J connectivity index is 1.71. The molecule has 37 heavy (non-hydrogen) atoms. The van der Waals surface area contributed by atoms with Gasteiger partial charge >= 0.3 is 11.9 Å². The summed E-state index contributed by atoms with van der Waals surface area (Å²) in [6.45, 7) is 0.586. The molecule has 0 spiro atoms. The molecule has 0 saturated carbocycles. The van der Waals surface area contributed by atoms with Crippen LogP contribution >= 0.6 is 34.8 Å². The lowest BCUT2D eigenvalue weighted by Gasteiger charge is -2.16. The summed E-state index contributed by atoms with van der Waals surface area (Å²) in [5.74, 6) is 0.158. The number of fused-ring (bicyclic) bond motifs is 1. The molecule has 196 valence electrons. The van der Waals surface area contributed by atoms with Crippen LogP contribution in [0.3, 0.4) is 0 Å². The average molecular weight is 579 g/mol. The standard InChI is InChI=1S/C22H17Cl3F3N5O4/c1-9(10-3-4-12(23)13(24)5-10)37-20-14(25)6-11(7-29-20)17-30-18-16(32(17)2)19(35)31-21(36)33(18)8-15(34)22(26,27)28/h3-7,9,15,34H,8H2,1-2H3,(H,31,35,36). The Labute approximate surface area is 221 Å². The molecule has 2 atom stereocenters. The molecule has 0 aliphatic heterocycles. The number of nitrogens with zero attached hydrogens (tertiary/aromatic N) is 4. The van der Waals surface area contributed by atoms with Gasteiger partial charge in [-0.3, -0.25) is 14.3 Å². The first kappa shape index (κ1) is 27.0. The quantitative estimate of drug-likeness (QED) is 0.348. The second-order valence-corrected chi connectivity index (χ2v) is 9.26. The Hall–Kier alpha value is -3.06. The van der Waals surface area contributed by atoms with E-state index in [-0.39, 0.29) is 33.5 Å². The maximum Gasteiger partial charge on any atom is 0.416 e. The zero-order valence-corrected chi connectivity index (χ0v) is 21.2. The van der Waals surface area contributed by atoms with E-state index in [9.17, 15) is 27.9 Å². The van der Waals surface area contributed by atoms with E-state index in [0.29, 0.717) is 20.2 Å². The number of aromatic amines is 1. The van der Waals surface area contributed by atoms with Crippen LogP contribution in [0.15, 0.2) is 40.1 Å². The van der Waals surface area contributed by atoms with Crippen molar-refractivity contribution in [3.05, 3.63) is 71.9 Å². The maximum absolute atomic E-state index is 12.9. The molecule has 0 aliphatic carbocycles. The van der Waals surface area contributed by atoms with Gasteiger partial charge in [-0.15, -0.1) is 0 Å². The van der Waals surface area contributed by atoms with Crippen molar-refractivity contribution in [2.45, 2.75) is 31.9 Å². The summed E-state index contributed by atoms with van der Waals surface area (Å²) in [4.78, 5) is 35.0. The molecule has 0 saturated heterocycles. The predicted octanol–water partition coefficient (Wildman–Crippen LogP) is 4.51. The molecule has 0 radical (unpaired) electrons. The topological polar surface area (TPSA) is 115 Å². The van der Waals surface area contributed by atoms with Gasteiger partial charge in [0.25, 0.3) is 5.56 Å². The van der Waals surface area contributed by atoms with Crippen LogP contribution in [-0.4, -0.2) is 41.5 Å². The second kappa shape index (κ2) is 10.0. The molecule has 3 heterocycles. The molecule has 4 aromatic rings. The first-order valence-corrected chi connectivity index (χ1v) is 11.6. The first-order chi connectivity index (χ1) is 17.3. The zero-order chi connectivity index (χ0) is 27.2. The summed E-state index contributed by atoms with van der Waals surface area (Å²) >= 11 is 18.4. The van der Waals surface area contributed by atoms with E-state index >= 15 is 0 Å². The minimum atomic E-state index is -4.98. The molecule has 0 amide bonds. The number of aliphatic hydroxyl groups is 1. The molecule has 2 N–H and O–H groups in total. The Morgan fingerprint density at radius 3 is 2.46 bits per heavy atom. The van der Waals surface area contributed by atoms with Crippen LogP contribution in [0.1, 0.15) is 18.6 Å². The third-order valence-corrected chi connectivity index (χ3v) is 6.52. The molecule has 0 fully saturated rings. The van der Waals surface area contributed by atoms with Gasteiger partial charge in [0, 0.05) is 18.8 Å². The van der Waals surface area contributed by atoms with E-state index in [1.807, 2.05) is 4.98 Å². The number of halogens is 6. The van der Waals surface area contributed by atoms with E-state index in [1.54, 1.807) is 25.1 Å². The van der Waals surface area contributed by atoms with E-state index in [4.69, 9.17) is 39.5 Å². The average Bonchev–Trinajstić information content (AvgIpc) is 3.16. The molecule has 1 aromatic carbocycles. The number of pyridine rings is 1.